The molecule has 2 aliphatic heterocycles. The monoisotopic (exact) mass is 394 g/mol. The Bertz CT molecular complexity index is 475. The minimum Gasteiger partial charge on any atom is -0.491 e. The average molecular weight is 396 g/mol. The molecule has 0 bridgehead atoms. The third-order valence-corrected chi connectivity index (χ3v) is 5.15. The lowest BCUT2D eigenvalue weighted by molar-refractivity contribution is 0.138. The van der Waals surface area contributed by atoms with Crippen LogP contribution < -0.4 is 10.1 Å². The van der Waals surface area contributed by atoms with Crippen LogP contribution in [0, 0.1) is 5.92 Å². The normalized spacial score (nSPS) is 25.2. The van der Waals surface area contributed by atoms with Crippen LogP contribution >= 0.6 is 39.9 Å². The molecule has 6 heteroatoms. The van der Waals surface area contributed by atoms with E-state index in [9.17, 15) is 0 Å². The summed E-state index contributed by atoms with van der Waals surface area (Å²) in [4.78, 5) is 2.53. The molecule has 21 heavy (non-hydrogen) atoms. The molecule has 2 atom stereocenters. The molecule has 1 aromatic carbocycles. The Morgan fingerprint density at radius 3 is 3.05 bits per heavy atom. The first-order valence-electron chi connectivity index (χ1n) is 7.26. The summed E-state index contributed by atoms with van der Waals surface area (Å²) in [6.07, 6.45) is 2.60. The first kappa shape index (κ1) is 17.4. The van der Waals surface area contributed by atoms with E-state index >= 15 is 0 Å². The molecule has 0 amide bonds. The van der Waals surface area contributed by atoms with Gasteiger partial charge in [0.15, 0.2) is 0 Å². The van der Waals surface area contributed by atoms with Crippen LogP contribution in [0.3, 0.4) is 0 Å². The van der Waals surface area contributed by atoms with Gasteiger partial charge in [0.05, 0.1) is 4.47 Å². The van der Waals surface area contributed by atoms with Crippen LogP contribution in [0.4, 0.5) is 0 Å². The van der Waals surface area contributed by atoms with Crippen molar-refractivity contribution < 1.29 is 4.74 Å². The van der Waals surface area contributed by atoms with Crippen LogP contribution in [0.2, 0.25) is 5.02 Å². The smallest absolute Gasteiger partial charge is 0.133 e. The van der Waals surface area contributed by atoms with Crippen molar-refractivity contribution in [3.63, 3.8) is 0 Å². The van der Waals surface area contributed by atoms with Gasteiger partial charge in [0.1, 0.15) is 12.4 Å². The average Bonchev–Trinajstić information content (AvgIpc) is 2.89. The van der Waals surface area contributed by atoms with Crippen molar-refractivity contribution in [3.05, 3.63) is 27.7 Å². The summed E-state index contributed by atoms with van der Waals surface area (Å²) in [5.74, 6) is 1.71. The Kier molecular flexibility index (Phi) is 6.63. The van der Waals surface area contributed by atoms with Gasteiger partial charge >= 0.3 is 0 Å². The largest absolute Gasteiger partial charge is 0.491 e. The maximum absolute atomic E-state index is 5.92. The summed E-state index contributed by atoms with van der Waals surface area (Å²) >= 11 is 9.40. The Morgan fingerprint density at radius 2 is 2.24 bits per heavy atom. The molecule has 2 unspecified atom stereocenters. The van der Waals surface area contributed by atoms with E-state index in [2.05, 4.69) is 26.1 Å². The summed E-state index contributed by atoms with van der Waals surface area (Å²) < 4.78 is 6.76. The van der Waals surface area contributed by atoms with Crippen molar-refractivity contribution in [1.29, 1.82) is 0 Å². The second-order valence-corrected chi connectivity index (χ2v) is 6.91. The predicted octanol–water partition coefficient (Wildman–Crippen LogP) is 3.59. The molecule has 2 fully saturated rings. The lowest BCUT2D eigenvalue weighted by Crippen LogP contribution is -2.45. The van der Waals surface area contributed by atoms with Gasteiger partial charge in [-0.25, -0.2) is 0 Å². The van der Waals surface area contributed by atoms with Gasteiger partial charge < -0.3 is 10.1 Å². The zero-order valence-electron chi connectivity index (χ0n) is 11.9. The van der Waals surface area contributed by atoms with Crippen molar-refractivity contribution in [2.24, 2.45) is 5.92 Å². The van der Waals surface area contributed by atoms with Crippen LogP contribution in [0.5, 0.6) is 5.75 Å². The topological polar surface area (TPSA) is 24.5 Å². The summed E-state index contributed by atoms with van der Waals surface area (Å²) in [5.41, 5.74) is 0. The zero-order valence-corrected chi connectivity index (χ0v) is 15.0. The predicted molar refractivity (Wildman–Crippen MR) is 92.8 cm³/mol. The number of hydrogen-bond donors (Lipinski definition) is 1. The van der Waals surface area contributed by atoms with Gasteiger partial charge in [-0.3, -0.25) is 4.90 Å². The lowest BCUT2D eigenvalue weighted by atomic mass is 9.93. The second kappa shape index (κ2) is 8.02. The van der Waals surface area contributed by atoms with E-state index in [4.69, 9.17) is 16.3 Å². The SMILES string of the molecule is Cl.Clc1ccc(OCCN2CCC3NCCC3C2)c(Br)c1. The molecule has 0 saturated carbocycles. The third kappa shape index (κ3) is 4.49. The van der Waals surface area contributed by atoms with E-state index in [0.29, 0.717) is 0 Å². The van der Waals surface area contributed by atoms with Gasteiger partial charge in [-0.15, -0.1) is 12.4 Å². The molecule has 0 aliphatic carbocycles. The Labute approximate surface area is 145 Å². The molecule has 0 radical (unpaired) electrons. The molecule has 1 N–H and O–H groups in total. The summed E-state index contributed by atoms with van der Waals surface area (Å²) in [5, 5.41) is 4.32. The van der Waals surface area contributed by atoms with E-state index in [1.165, 1.54) is 32.5 Å². The molecule has 2 aliphatic rings. The van der Waals surface area contributed by atoms with E-state index in [1.54, 1.807) is 0 Å². The molecular weight excluding hydrogens is 375 g/mol. The Morgan fingerprint density at radius 1 is 1.38 bits per heavy atom. The number of hydrogen-bond acceptors (Lipinski definition) is 3. The fraction of sp³-hybridized carbons (Fsp3) is 0.600. The third-order valence-electron chi connectivity index (χ3n) is 4.30. The number of nitrogens with zero attached hydrogens (tertiary/aromatic N) is 1. The van der Waals surface area contributed by atoms with Gasteiger partial charge in [-0.05, 0) is 66.0 Å². The quantitative estimate of drug-likeness (QED) is 0.842. The van der Waals surface area contributed by atoms with Gasteiger partial charge in [0.2, 0.25) is 0 Å². The highest BCUT2D eigenvalue weighted by atomic mass is 79.9. The zero-order chi connectivity index (χ0) is 13.9. The minimum absolute atomic E-state index is 0. The van der Waals surface area contributed by atoms with E-state index in [0.717, 1.165) is 40.4 Å². The highest BCUT2D eigenvalue weighted by Crippen LogP contribution is 2.28. The van der Waals surface area contributed by atoms with Crippen LogP contribution in [-0.4, -0.2) is 43.7 Å². The number of likely N-dealkylation sites (tertiary alicyclic amines) is 1. The molecule has 2 heterocycles. The van der Waals surface area contributed by atoms with Crippen LogP contribution in [0.1, 0.15) is 12.8 Å². The van der Waals surface area contributed by atoms with Crippen molar-refractivity contribution in [2.45, 2.75) is 18.9 Å². The van der Waals surface area contributed by atoms with Gasteiger partial charge in [0, 0.05) is 24.2 Å². The number of halogens is 3. The number of benzene rings is 1. The minimum atomic E-state index is 0. The van der Waals surface area contributed by atoms with E-state index < -0.39 is 0 Å². The van der Waals surface area contributed by atoms with Crippen LogP contribution in [0.25, 0.3) is 0 Å². The van der Waals surface area contributed by atoms with Gasteiger partial charge in [-0.1, -0.05) is 11.6 Å². The first-order valence-corrected chi connectivity index (χ1v) is 8.43. The molecule has 0 spiro atoms. The van der Waals surface area contributed by atoms with Crippen molar-refractivity contribution in [3.8, 4) is 5.75 Å². The number of piperidine rings is 1. The van der Waals surface area contributed by atoms with Crippen molar-refractivity contribution >= 4 is 39.9 Å². The number of rotatable bonds is 4. The molecule has 1 aromatic rings. The highest BCUT2D eigenvalue weighted by molar-refractivity contribution is 9.10. The molecule has 2 saturated heterocycles. The molecular formula is C15H21BrCl2N2O. The van der Waals surface area contributed by atoms with Crippen molar-refractivity contribution in [2.75, 3.05) is 32.8 Å². The first-order chi connectivity index (χ1) is 9.72. The Balaban J connectivity index is 0.00000161. The fourth-order valence-electron chi connectivity index (χ4n) is 3.20. The lowest BCUT2D eigenvalue weighted by Gasteiger charge is -2.34. The molecule has 118 valence electrons. The summed E-state index contributed by atoms with van der Waals surface area (Å²) in [6, 6.07) is 6.40. The number of nitrogens with one attached hydrogen (secondary N) is 1. The van der Waals surface area contributed by atoms with Crippen molar-refractivity contribution in [1.82, 2.24) is 10.2 Å². The maximum atomic E-state index is 5.92. The second-order valence-electron chi connectivity index (χ2n) is 5.62. The van der Waals surface area contributed by atoms with E-state index in [-0.39, 0.29) is 12.4 Å². The van der Waals surface area contributed by atoms with Gasteiger partial charge in [0.25, 0.3) is 0 Å². The standard InChI is InChI=1S/C15H20BrClN2O.ClH/c16-13-9-12(17)1-2-15(13)20-8-7-19-6-4-14-11(10-19)3-5-18-14;/h1-2,9,11,14,18H,3-8,10H2;1H. The Hall–Kier alpha value is -0.000000000000000111. The van der Waals surface area contributed by atoms with Crippen LogP contribution in [0.15, 0.2) is 22.7 Å². The molecule has 3 nitrogen and oxygen atoms in total. The number of ether oxygens (including phenoxy) is 1. The van der Waals surface area contributed by atoms with E-state index in [1.807, 2.05) is 18.2 Å². The highest BCUT2D eigenvalue weighted by Gasteiger charge is 2.32. The number of fused-ring (bicyclic) bond motifs is 1. The fourth-order valence-corrected chi connectivity index (χ4v) is 4.00. The maximum Gasteiger partial charge on any atom is 0.133 e. The molecule has 0 aromatic heterocycles. The summed E-state index contributed by atoms with van der Waals surface area (Å²) in [7, 11) is 0. The summed E-state index contributed by atoms with van der Waals surface area (Å²) in [6.45, 7) is 5.31. The van der Waals surface area contributed by atoms with Gasteiger partial charge in [-0.2, -0.15) is 0 Å². The molecule has 3 rings (SSSR count). The van der Waals surface area contributed by atoms with Crippen LogP contribution in [-0.2, 0) is 0 Å².